The molecule has 1 atom stereocenters. The van der Waals surface area contributed by atoms with Gasteiger partial charge in [-0.1, -0.05) is 35.5 Å². The first-order valence-electron chi connectivity index (χ1n) is 9.82. The van der Waals surface area contributed by atoms with E-state index in [4.69, 9.17) is 4.52 Å². The molecule has 0 bridgehead atoms. The second-order valence-corrected chi connectivity index (χ2v) is 7.10. The molecule has 0 aliphatic carbocycles. The van der Waals surface area contributed by atoms with Gasteiger partial charge >= 0.3 is 6.03 Å². The smallest absolute Gasteiger partial charge is 0.318 e. The molecule has 1 N–H and O–H groups in total. The molecule has 28 heavy (non-hydrogen) atoms. The number of piperidine rings is 1. The number of aryl methyl sites for hydroxylation is 1. The van der Waals surface area contributed by atoms with Gasteiger partial charge in [0.1, 0.15) is 5.69 Å². The third-order valence-corrected chi connectivity index (χ3v) is 5.18. The minimum absolute atomic E-state index is 0.0390. The van der Waals surface area contributed by atoms with Crippen LogP contribution in [0.5, 0.6) is 0 Å². The van der Waals surface area contributed by atoms with E-state index in [2.05, 4.69) is 15.6 Å². The summed E-state index contributed by atoms with van der Waals surface area (Å²) in [6.45, 7) is 1.95. The van der Waals surface area contributed by atoms with Crippen LogP contribution in [-0.4, -0.2) is 38.5 Å². The van der Waals surface area contributed by atoms with Crippen molar-refractivity contribution in [3.8, 4) is 11.3 Å². The molecular formula is C21H25N5O2. The number of hydrogen-bond donors (Lipinski definition) is 1. The highest BCUT2D eigenvalue weighted by Crippen LogP contribution is 2.21. The zero-order chi connectivity index (χ0) is 19.2. The minimum Gasteiger partial charge on any atom is -0.359 e. The van der Waals surface area contributed by atoms with Crippen LogP contribution in [0.1, 0.15) is 31.4 Å². The summed E-state index contributed by atoms with van der Waals surface area (Å²) in [6, 6.07) is 13.9. The second-order valence-electron chi connectivity index (χ2n) is 7.10. The van der Waals surface area contributed by atoms with E-state index in [-0.39, 0.29) is 12.1 Å². The van der Waals surface area contributed by atoms with Crippen molar-refractivity contribution in [1.82, 2.24) is 25.2 Å². The first-order chi connectivity index (χ1) is 13.8. The molecule has 0 unspecified atom stereocenters. The van der Waals surface area contributed by atoms with Gasteiger partial charge in [0.2, 0.25) is 0 Å². The zero-order valence-corrected chi connectivity index (χ0v) is 15.8. The van der Waals surface area contributed by atoms with Crippen molar-refractivity contribution in [2.24, 2.45) is 0 Å². The highest BCUT2D eigenvalue weighted by Gasteiger charge is 2.26. The summed E-state index contributed by atoms with van der Waals surface area (Å²) in [4.78, 5) is 14.7. The normalized spacial score (nSPS) is 16.9. The Bertz CT molecular complexity index is 875. The molecular weight excluding hydrogens is 354 g/mol. The highest BCUT2D eigenvalue weighted by atomic mass is 16.5. The first kappa shape index (κ1) is 18.3. The SMILES string of the molecule is O=C(NCc1cc(-c2ccccc2)no1)N1CCCC[C@H]1CCn1cccn1. The molecule has 3 heterocycles. The summed E-state index contributed by atoms with van der Waals surface area (Å²) < 4.78 is 7.31. The number of urea groups is 1. The fourth-order valence-corrected chi connectivity index (χ4v) is 3.69. The molecule has 7 nitrogen and oxygen atoms in total. The molecule has 2 aromatic heterocycles. The van der Waals surface area contributed by atoms with E-state index in [0.717, 1.165) is 50.0 Å². The molecule has 1 aliphatic rings. The number of aromatic nitrogens is 3. The largest absolute Gasteiger partial charge is 0.359 e. The maximum Gasteiger partial charge on any atom is 0.318 e. The summed E-state index contributed by atoms with van der Waals surface area (Å²) in [7, 11) is 0. The molecule has 1 fully saturated rings. The van der Waals surface area contributed by atoms with Crippen LogP contribution in [-0.2, 0) is 13.1 Å². The van der Waals surface area contributed by atoms with Crippen molar-refractivity contribution in [2.75, 3.05) is 6.54 Å². The fourth-order valence-electron chi connectivity index (χ4n) is 3.69. The quantitative estimate of drug-likeness (QED) is 0.709. The summed E-state index contributed by atoms with van der Waals surface area (Å²) in [6.07, 6.45) is 7.90. The number of hydrogen-bond acceptors (Lipinski definition) is 4. The van der Waals surface area contributed by atoms with Gasteiger partial charge in [-0.2, -0.15) is 5.10 Å². The Kier molecular flexibility index (Phi) is 5.70. The van der Waals surface area contributed by atoms with Crippen LogP contribution in [0.2, 0.25) is 0 Å². The average Bonchev–Trinajstić information content (AvgIpc) is 3.43. The van der Waals surface area contributed by atoms with Gasteiger partial charge in [-0.05, 0) is 31.7 Å². The standard InChI is InChI=1S/C21H25N5O2/c27-21(22-16-19-15-20(24-28-19)17-7-2-1-3-8-17)26-13-5-4-9-18(26)10-14-25-12-6-11-23-25/h1-3,6-8,11-12,15,18H,4-5,9-10,13-14,16H2,(H,22,27)/t18-/m0/s1. The van der Waals surface area contributed by atoms with E-state index < -0.39 is 0 Å². The van der Waals surface area contributed by atoms with Crippen molar-refractivity contribution in [3.63, 3.8) is 0 Å². The van der Waals surface area contributed by atoms with Crippen LogP contribution >= 0.6 is 0 Å². The summed E-state index contributed by atoms with van der Waals surface area (Å²) in [5.74, 6) is 0.650. The van der Waals surface area contributed by atoms with Gasteiger partial charge in [-0.25, -0.2) is 4.79 Å². The second kappa shape index (κ2) is 8.73. The number of nitrogens with one attached hydrogen (secondary N) is 1. The van der Waals surface area contributed by atoms with Crippen LogP contribution < -0.4 is 5.32 Å². The van der Waals surface area contributed by atoms with Gasteiger partial charge in [0, 0.05) is 43.2 Å². The van der Waals surface area contributed by atoms with Crippen LogP contribution in [0.15, 0.2) is 59.4 Å². The van der Waals surface area contributed by atoms with Gasteiger partial charge in [0.15, 0.2) is 5.76 Å². The van der Waals surface area contributed by atoms with Gasteiger partial charge in [0.25, 0.3) is 0 Å². The Morgan fingerprint density at radius 3 is 2.93 bits per heavy atom. The number of nitrogens with zero attached hydrogens (tertiary/aromatic N) is 4. The minimum atomic E-state index is -0.0390. The lowest BCUT2D eigenvalue weighted by atomic mass is 10.00. The van der Waals surface area contributed by atoms with Crippen LogP contribution in [0.3, 0.4) is 0 Å². The van der Waals surface area contributed by atoms with Crippen LogP contribution in [0.25, 0.3) is 11.3 Å². The molecule has 3 aromatic rings. The Morgan fingerprint density at radius 1 is 1.21 bits per heavy atom. The van der Waals surface area contributed by atoms with Gasteiger partial charge in [0.05, 0.1) is 6.54 Å². The number of likely N-dealkylation sites (tertiary alicyclic amines) is 1. The topological polar surface area (TPSA) is 76.2 Å². The van der Waals surface area contributed by atoms with Gasteiger partial charge in [-0.15, -0.1) is 0 Å². The van der Waals surface area contributed by atoms with E-state index in [1.54, 1.807) is 6.20 Å². The number of rotatable bonds is 6. The Labute approximate surface area is 164 Å². The molecule has 1 saturated heterocycles. The fraction of sp³-hybridized carbons (Fsp3) is 0.381. The average molecular weight is 379 g/mol. The molecule has 2 amide bonds. The van der Waals surface area contributed by atoms with E-state index >= 15 is 0 Å². The third-order valence-electron chi connectivity index (χ3n) is 5.18. The molecule has 7 heteroatoms. The predicted octanol–water partition coefficient (Wildman–Crippen LogP) is 3.69. The van der Waals surface area contributed by atoms with Crippen molar-refractivity contribution >= 4 is 6.03 Å². The van der Waals surface area contributed by atoms with Crippen LogP contribution in [0, 0.1) is 0 Å². The molecule has 0 spiro atoms. The lowest BCUT2D eigenvalue weighted by Crippen LogP contribution is -2.48. The number of benzene rings is 1. The summed E-state index contributed by atoms with van der Waals surface area (Å²) in [5.41, 5.74) is 1.78. The van der Waals surface area contributed by atoms with E-state index in [1.807, 2.05) is 58.2 Å². The zero-order valence-electron chi connectivity index (χ0n) is 15.8. The Balaban J connectivity index is 1.32. The van der Waals surface area contributed by atoms with Crippen molar-refractivity contribution < 1.29 is 9.32 Å². The Morgan fingerprint density at radius 2 is 2.11 bits per heavy atom. The number of carbonyl (C=O) groups excluding carboxylic acids is 1. The maximum absolute atomic E-state index is 12.8. The van der Waals surface area contributed by atoms with E-state index in [0.29, 0.717) is 12.3 Å². The van der Waals surface area contributed by atoms with E-state index in [9.17, 15) is 4.79 Å². The molecule has 0 saturated carbocycles. The number of carbonyl (C=O) groups is 1. The molecule has 146 valence electrons. The van der Waals surface area contributed by atoms with Crippen molar-refractivity contribution in [2.45, 2.75) is 44.8 Å². The van der Waals surface area contributed by atoms with Gasteiger partial charge in [-0.3, -0.25) is 4.68 Å². The van der Waals surface area contributed by atoms with Crippen LogP contribution in [0.4, 0.5) is 4.79 Å². The number of amides is 2. The van der Waals surface area contributed by atoms with Crippen molar-refractivity contribution in [3.05, 3.63) is 60.6 Å². The third kappa shape index (κ3) is 4.42. The maximum atomic E-state index is 12.8. The molecule has 0 radical (unpaired) electrons. The Hall–Kier alpha value is -3.09. The molecule has 1 aliphatic heterocycles. The van der Waals surface area contributed by atoms with Crippen molar-refractivity contribution in [1.29, 1.82) is 0 Å². The van der Waals surface area contributed by atoms with E-state index in [1.165, 1.54) is 0 Å². The predicted molar refractivity (Wildman–Crippen MR) is 105 cm³/mol. The lowest BCUT2D eigenvalue weighted by Gasteiger charge is -2.35. The van der Waals surface area contributed by atoms with Gasteiger partial charge < -0.3 is 14.7 Å². The first-order valence-corrected chi connectivity index (χ1v) is 9.82. The monoisotopic (exact) mass is 379 g/mol. The lowest BCUT2D eigenvalue weighted by molar-refractivity contribution is 0.142. The summed E-state index contributed by atoms with van der Waals surface area (Å²) >= 11 is 0. The molecule has 4 rings (SSSR count). The molecule has 1 aromatic carbocycles. The highest BCUT2D eigenvalue weighted by molar-refractivity contribution is 5.74. The summed E-state index contributed by atoms with van der Waals surface area (Å²) in [5, 5.41) is 11.3.